The summed E-state index contributed by atoms with van der Waals surface area (Å²) in [7, 11) is 0. The molecule has 0 spiro atoms. The van der Waals surface area contributed by atoms with Gasteiger partial charge in [-0.05, 0) is 25.1 Å². The number of carbonyl (C=O) groups is 2. The van der Waals surface area contributed by atoms with Crippen molar-refractivity contribution in [3.63, 3.8) is 0 Å². The van der Waals surface area contributed by atoms with Crippen molar-refractivity contribution < 1.29 is 9.59 Å². The van der Waals surface area contributed by atoms with Crippen LogP contribution >= 0.6 is 12.4 Å². The fourth-order valence-electron chi connectivity index (χ4n) is 2.22. The average Bonchev–Trinajstić information content (AvgIpc) is 2.53. The van der Waals surface area contributed by atoms with Gasteiger partial charge in [-0.2, -0.15) is 0 Å². The Morgan fingerprint density at radius 3 is 2.54 bits per heavy atom. The lowest BCUT2D eigenvalue weighted by molar-refractivity contribution is -0.123. The third-order valence-corrected chi connectivity index (χ3v) is 3.74. The van der Waals surface area contributed by atoms with Crippen molar-refractivity contribution in [1.29, 1.82) is 0 Å². The second-order valence-electron chi connectivity index (χ2n) is 6.75. The molecule has 1 heterocycles. The Labute approximate surface area is 149 Å². The summed E-state index contributed by atoms with van der Waals surface area (Å²) in [5.41, 5.74) is 1.75. The van der Waals surface area contributed by atoms with Crippen LogP contribution in [0, 0.1) is 5.41 Å². The van der Waals surface area contributed by atoms with Crippen LogP contribution in [0.25, 0.3) is 0 Å². The lowest BCUT2D eigenvalue weighted by Gasteiger charge is -2.19. The SMILES string of the molecule is CC(C)(C)C(=O)Nc1ccccc1C(=O)NCC1=CCNCC1.Cl. The molecule has 2 rings (SSSR count). The quantitative estimate of drug-likeness (QED) is 0.730. The van der Waals surface area contributed by atoms with Gasteiger partial charge in [-0.15, -0.1) is 12.4 Å². The summed E-state index contributed by atoms with van der Waals surface area (Å²) in [5, 5.41) is 9.02. The Morgan fingerprint density at radius 1 is 1.21 bits per heavy atom. The highest BCUT2D eigenvalue weighted by Crippen LogP contribution is 2.20. The highest BCUT2D eigenvalue weighted by atomic mass is 35.5. The van der Waals surface area contributed by atoms with E-state index in [1.807, 2.05) is 26.8 Å². The van der Waals surface area contributed by atoms with E-state index in [4.69, 9.17) is 0 Å². The van der Waals surface area contributed by atoms with Crippen LogP contribution in [0.3, 0.4) is 0 Å². The summed E-state index contributed by atoms with van der Waals surface area (Å²) in [6.07, 6.45) is 3.06. The number of anilines is 1. The predicted molar refractivity (Wildman–Crippen MR) is 99.7 cm³/mol. The molecule has 0 fully saturated rings. The van der Waals surface area contributed by atoms with Crippen molar-refractivity contribution in [2.45, 2.75) is 27.2 Å². The zero-order chi connectivity index (χ0) is 16.9. The van der Waals surface area contributed by atoms with Crippen LogP contribution in [-0.2, 0) is 4.79 Å². The van der Waals surface area contributed by atoms with Gasteiger partial charge in [0.25, 0.3) is 5.91 Å². The summed E-state index contributed by atoms with van der Waals surface area (Å²) in [6, 6.07) is 7.09. The first-order valence-electron chi connectivity index (χ1n) is 7.95. The maximum absolute atomic E-state index is 12.4. The van der Waals surface area contributed by atoms with Crippen molar-refractivity contribution in [2.75, 3.05) is 25.0 Å². The van der Waals surface area contributed by atoms with E-state index in [2.05, 4.69) is 22.0 Å². The first kappa shape index (κ1) is 20.2. The Morgan fingerprint density at radius 2 is 1.92 bits per heavy atom. The molecule has 0 saturated carbocycles. The second-order valence-corrected chi connectivity index (χ2v) is 6.75. The monoisotopic (exact) mass is 351 g/mol. The molecule has 0 atom stereocenters. The molecule has 0 unspecified atom stereocenters. The van der Waals surface area contributed by atoms with Crippen LogP contribution in [0.15, 0.2) is 35.9 Å². The van der Waals surface area contributed by atoms with Gasteiger partial charge in [-0.3, -0.25) is 9.59 Å². The minimum absolute atomic E-state index is 0. The molecule has 0 aromatic heterocycles. The lowest BCUT2D eigenvalue weighted by Crippen LogP contribution is -2.31. The van der Waals surface area contributed by atoms with Crippen LogP contribution in [0.5, 0.6) is 0 Å². The normalized spacial score (nSPS) is 14.2. The molecule has 0 saturated heterocycles. The lowest BCUT2D eigenvalue weighted by atomic mass is 9.95. The van der Waals surface area contributed by atoms with Crippen molar-refractivity contribution in [2.24, 2.45) is 5.41 Å². The molecule has 1 aromatic rings. The van der Waals surface area contributed by atoms with E-state index >= 15 is 0 Å². The van der Waals surface area contributed by atoms with E-state index in [0.29, 0.717) is 17.8 Å². The van der Waals surface area contributed by atoms with Gasteiger partial charge in [-0.25, -0.2) is 0 Å². The molecular formula is C18H26ClN3O2. The zero-order valence-corrected chi connectivity index (χ0v) is 15.3. The van der Waals surface area contributed by atoms with E-state index < -0.39 is 5.41 Å². The summed E-state index contributed by atoms with van der Waals surface area (Å²) in [4.78, 5) is 24.6. The average molecular weight is 352 g/mol. The van der Waals surface area contributed by atoms with E-state index in [1.54, 1.807) is 18.2 Å². The number of hydrogen-bond donors (Lipinski definition) is 3. The van der Waals surface area contributed by atoms with Crippen LogP contribution in [0.4, 0.5) is 5.69 Å². The van der Waals surface area contributed by atoms with Gasteiger partial charge in [0.2, 0.25) is 5.91 Å². The molecule has 1 aromatic carbocycles. The Hall–Kier alpha value is -1.85. The van der Waals surface area contributed by atoms with Gasteiger partial charge in [0.15, 0.2) is 0 Å². The number of hydrogen-bond acceptors (Lipinski definition) is 3. The maximum Gasteiger partial charge on any atom is 0.253 e. The van der Waals surface area contributed by atoms with Gasteiger partial charge >= 0.3 is 0 Å². The molecule has 2 amide bonds. The van der Waals surface area contributed by atoms with E-state index in [1.165, 1.54) is 5.57 Å². The molecule has 6 heteroatoms. The third-order valence-electron chi connectivity index (χ3n) is 3.74. The number of halogens is 1. The molecule has 3 N–H and O–H groups in total. The van der Waals surface area contributed by atoms with Crippen molar-refractivity contribution in [3.05, 3.63) is 41.5 Å². The number of nitrogens with one attached hydrogen (secondary N) is 3. The number of benzene rings is 1. The largest absolute Gasteiger partial charge is 0.348 e. The minimum atomic E-state index is -0.510. The van der Waals surface area contributed by atoms with Gasteiger partial charge in [0, 0.05) is 18.5 Å². The van der Waals surface area contributed by atoms with Crippen molar-refractivity contribution in [1.82, 2.24) is 10.6 Å². The summed E-state index contributed by atoms with van der Waals surface area (Å²) in [5.74, 6) is -0.284. The third kappa shape index (κ3) is 5.65. The van der Waals surface area contributed by atoms with Gasteiger partial charge in [-0.1, -0.05) is 44.6 Å². The summed E-state index contributed by atoms with van der Waals surface area (Å²) in [6.45, 7) is 7.86. The van der Waals surface area contributed by atoms with Crippen molar-refractivity contribution >= 4 is 29.9 Å². The number of para-hydroxylation sites is 1. The summed E-state index contributed by atoms with van der Waals surface area (Å²) < 4.78 is 0. The molecular weight excluding hydrogens is 326 g/mol. The number of rotatable bonds is 4. The molecule has 0 aliphatic carbocycles. The molecule has 132 valence electrons. The molecule has 0 bridgehead atoms. The fraction of sp³-hybridized carbons (Fsp3) is 0.444. The molecule has 24 heavy (non-hydrogen) atoms. The van der Waals surface area contributed by atoms with Gasteiger partial charge < -0.3 is 16.0 Å². The van der Waals surface area contributed by atoms with E-state index in [9.17, 15) is 9.59 Å². The van der Waals surface area contributed by atoms with Crippen LogP contribution in [-0.4, -0.2) is 31.4 Å². The Kier molecular flexibility index (Phi) is 7.45. The first-order chi connectivity index (χ1) is 10.9. The van der Waals surface area contributed by atoms with Crippen LogP contribution in [0.2, 0.25) is 0 Å². The van der Waals surface area contributed by atoms with Gasteiger partial charge in [0.1, 0.15) is 0 Å². The van der Waals surface area contributed by atoms with Gasteiger partial charge in [0.05, 0.1) is 11.3 Å². The Balaban J connectivity index is 0.00000288. The number of amides is 2. The molecule has 1 aliphatic heterocycles. The molecule has 5 nitrogen and oxygen atoms in total. The summed E-state index contributed by atoms with van der Waals surface area (Å²) >= 11 is 0. The number of carbonyl (C=O) groups excluding carboxylic acids is 2. The fourth-order valence-corrected chi connectivity index (χ4v) is 2.22. The van der Waals surface area contributed by atoms with Crippen LogP contribution < -0.4 is 16.0 Å². The Bertz CT molecular complexity index is 621. The topological polar surface area (TPSA) is 70.2 Å². The van der Waals surface area contributed by atoms with Crippen LogP contribution in [0.1, 0.15) is 37.6 Å². The first-order valence-corrected chi connectivity index (χ1v) is 7.95. The smallest absolute Gasteiger partial charge is 0.253 e. The van der Waals surface area contributed by atoms with E-state index in [0.717, 1.165) is 19.5 Å². The zero-order valence-electron chi connectivity index (χ0n) is 14.4. The maximum atomic E-state index is 12.4. The highest BCUT2D eigenvalue weighted by Gasteiger charge is 2.23. The second kappa shape index (κ2) is 8.85. The molecule has 1 aliphatic rings. The standard InChI is InChI=1S/C18H25N3O2.ClH/c1-18(2,3)17(23)21-15-7-5-4-6-14(15)16(22)20-12-13-8-10-19-11-9-13;/h4-8,19H,9-12H2,1-3H3,(H,20,22)(H,21,23);1H. The predicted octanol–water partition coefficient (Wildman–Crippen LogP) is 2.74. The minimum Gasteiger partial charge on any atom is -0.348 e. The molecule has 0 radical (unpaired) electrons. The van der Waals surface area contributed by atoms with Crippen molar-refractivity contribution in [3.8, 4) is 0 Å². The van der Waals surface area contributed by atoms with E-state index in [-0.39, 0.29) is 24.2 Å². The highest BCUT2D eigenvalue weighted by molar-refractivity contribution is 6.04.